The zero-order valence-electron chi connectivity index (χ0n) is 9.30. The molecule has 1 aliphatic carbocycles. The van der Waals surface area contributed by atoms with Crippen LogP contribution in [0.15, 0.2) is 0 Å². The molecule has 1 fully saturated rings. The lowest BCUT2D eigenvalue weighted by molar-refractivity contribution is -0.137. The number of hydrogen-bond donors (Lipinski definition) is 0. The number of rotatable bonds is 0. The Balaban J connectivity index is 0.000000252. The lowest BCUT2D eigenvalue weighted by Crippen LogP contribution is -2.12. The Hall–Kier alpha value is -0.530. The van der Waals surface area contributed by atoms with Crippen LogP contribution in [0.2, 0.25) is 0 Å². The first kappa shape index (κ1) is 12.5. The summed E-state index contributed by atoms with van der Waals surface area (Å²) >= 11 is 0. The number of carbonyl (C=O) groups excluding carboxylic acids is 1. The van der Waals surface area contributed by atoms with Crippen LogP contribution < -0.4 is 0 Å². The Morgan fingerprint density at radius 3 is 1.62 bits per heavy atom. The van der Waals surface area contributed by atoms with Crippen molar-refractivity contribution in [1.82, 2.24) is 0 Å². The van der Waals surface area contributed by atoms with Gasteiger partial charge in [0.25, 0.3) is 0 Å². The first-order chi connectivity index (χ1) is 6.07. The minimum atomic E-state index is -0.245. The van der Waals surface area contributed by atoms with Gasteiger partial charge in [0.1, 0.15) is 0 Å². The quantitative estimate of drug-likeness (QED) is 0.544. The van der Waals surface area contributed by atoms with E-state index in [1.54, 1.807) is 0 Å². The standard InChI is InChI=1S/C8H16.C3H6O2/c1-7-5-3-4-6-8(7)2;1-3(4)5-2/h7-8H,3-6H2,1-2H3;1-2H3. The van der Waals surface area contributed by atoms with Gasteiger partial charge in [0.15, 0.2) is 0 Å². The topological polar surface area (TPSA) is 26.3 Å². The van der Waals surface area contributed by atoms with Crippen LogP contribution in [0.5, 0.6) is 0 Å². The molecule has 0 aromatic heterocycles. The van der Waals surface area contributed by atoms with Crippen molar-refractivity contribution >= 4 is 5.97 Å². The van der Waals surface area contributed by atoms with E-state index in [0.29, 0.717) is 0 Å². The van der Waals surface area contributed by atoms with E-state index in [4.69, 9.17) is 0 Å². The Bertz CT molecular complexity index is 133. The maximum absolute atomic E-state index is 9.59. The molecular formula is C11H22O2. The van der Waals surface area contributed by atoms with Gasteiger partial charge in [0.05, 0.1) is 7.11 Å². The number of methoxy groups -OCH3 is 1. The summed E-state index contributed by atoms with van der Waals surface area (Å²) in [6.07, 6.45) is 5.90. The molecule has 0 spiro atoms. The normalized spacial score (nSPS) is 27.1. The third kappa shape index (κ3) is 6.62. The van der Waals surface area contributed by atoms with Crippen LogP contribution in [0.4, 0.5) is 0 Å². The van der Waals surface area contributed by atoms with Gasteiger partial charge in [-0.3, -0.25) is 4.79 Å². The molecule has 13 heavy (non-hydrogen) atoms. The fraction of sp³-hybridized carbons (Fsp3) is 0.909. The fourth-order valence-electron chi connectivity index (χ4n) is 1.50. The molecule has 2 heteroatoms. The fourth-order valence-corrected chi connectivity index (χ4v) is 1.50. The van der Waals surface area contributed by atoms with Crippen molar-refractivity contribution in [1.29, 1.82) is 0 Å². The van der Waals surface area contributed by atoms with Crippen molar-refractivity contribution in [2.45, 2.75) is 46.5 Å². The van der Waals surface area contributed by atoms with Gasteiger partial charge in [0, 0.05) is 6.92 Å². The van der Waals surface area contributed by atoms with Crippen molar-refractivity contribution in [3.63, 3.8) is 0 Å². The van der Waals surface area contributed by atoms with Gasteiger partial charge < -0.3 is 4.74 Å². The predicted octanol–water partition coefficient (Wildman–Crippen LogP) is 3.01. The summed E-state index contributed by atoms with van der Waals surface area (Å²) in [7, 11) is 1.35. The number of ether oxygens (including phenoxy) is 1. The molecule has 0 heterocycles. The molecule has 0 bridgehead atoms. The van der Waals surface area contributed by atoms with Gasteiger partial charge in [0.2, 0.25) is 0 Å². The molecule has 2 nitrogen and oxygen atoms in total. The molecular weight excluding hydrogens is 164 g/mol. The van der Waals surface area contributed by atoms with E-state index < -0.39 is 0 Å². The summed E-state index contributed by atoms with van der Waals surface area (Å²) in [6.45, 7) is 6.12. The third-order valence-electron chi connectivity index (χ3n) is 2.83. The van der Waals surface area contributed by atoms with E-state index in [-0.39, 0.29) is 5.97 Å². The SMILES string of the molecule is CC1CCCCC1C.COC(C)=O. The van der Waals surface area contributed by atoms with Crippen molar-refractivity contribution in [3.05, 3.63) is 0 Å². The molecule has 0 N–H and O–H groups in total. The van der Waals surface area contributed by atoms with E-state index in [0.717, 1.165) is 11.8 Å². The third-order valence-corrected chi connectivity index (χ3v) is 2.83. The van der Waals surface area contributed by atoms with Crippen LogP contribution in [0.25, 0.3) is 0 Å². The van der Waals surface area contributed by atoms with Crippen LogP contribution >= 0.6 is 0 Å². The summed E-state index contributed by atoms with van der Waals surface area (Å²) in [5.74, 6) is 1.76. The van der Waals surface area contributed by atoms with Gasteiger partial charge in [-0.2, -0.15) is 0 Å². The van der Waals surface area contributed by atoms with Crippen molar-refractivity contribution < 1.29 is 9.53 Å². The lowest BCUT2D eigenvalue weighted by Gasteiger charge is -2.24. The largest absolute Gasteiger partial charge is 0.469 e. The Morgan fingerprint density at radius 2 is 1.46 bits per heavy atom. The second-order valence-corrected chi connectivity index (χ2v) is 3.93. The highest BCUT2D eigenvalue weighted by Gasteiger charge is 2.15. The average Bonchev–Trinajstić information content (AvgIpc) is 2.11. The van der Waals surface area contributed by atoms with E-state index in [2.05, 4.69) is 18.6 Å². The summed E-state index contributed by atoms with van der Waals surface area (Å²) in [5.41, 5.74) is 0. The molecule has 0 saturated heterocycles. The van der Waals surface area contributed by atoms with E-state index in [9.17, 15) is 4.79 Å². The smallest absolute Gasteiger partial charge is 0.302 e. The molecule has 1 aliphatic rings. The second-order valence-electron chi connectivity index (χ2n) is 3.93. The van der Waals surface area contributed by atoms with Crippen LogP contribution in [0.1, 0.15) is 46.5 Å². The highest BCUT2D eigenvalue weighted by atomic mass is 16.5. The van der Waals surface area contributed by atoms with Crippen LogP contribution in [0, 0.1) is 11.8 Å². The summed E-state index contributed by atoms with van der Waals surface area (Å²) in [4.78, 5) is 9.59. The highest BCUT2D eigenvalue weighted by molar-refractivity contribution is 5.65. The molecule has 0 aromatic rings. The first-order valence-corrected chi connectivity index (χ1v) is 5.12. The molecule has 1 saturated carbocycles. The molecule has 2 atom stereocenters. The van der Waals surface area contributed by atoms with Crippen LogP contribution in [0.3, 0.4) is 0 Å². The Labute approximate surface area is 81.7 Å². The van der Waals surface area contributed by atoms with Gasteiger partial charge in [-0.05, 0) is 11.8 Å². The average molecular weight is 186 g/mol. The maximum atomic E-state index is 9.59. The molecule has 1 rings (SSSR count). The van der Waals surface area contributed by atoms with Gasteiger partial charge in [-0.25, -0.2) is 0 Å². The molecule has 2 unspecified atom stereocenters. The summed E-state index contributed by atoms with van der Waals surface area (Å²) < 4.78 is 4.11. The monoisotopic (exact) mass is 186 g/mol. The van der Waals surface area contributed by atoms with E-state index >= 15 is 0 Å². The zero-order valence-corrected chi connectivity index (χ0v) is 9.30. The lowest BCUT2D eigenvalue weighted by atomic mass is 9.82. The zero-order chi connectivity index (χ0) is 10.3. The number of esters is 1. The van der Waals surface area contributed by atoms with Crippen LogP contribution in [-0.2, 0) is 9.53 Å². The number of hydrogen-bond acceptors (Lipinski definition) is 2. The van der Waals surface area contributed by atoms with Crippen LogP contribution in [-0.4, -0.2) is 13.1 Å². The van der Waals surface area contributed by atoms with E-state index in [1.807, 2.05) is 0 Å². The maximum Gasteiger partial charge on any atom is 0.302 e. The number of carbonyl (C=O) groups is 1. The van der Waals surface area contributed by atoms with Gasteiger partial charge >= 0.3 is 5.97 Å². The molecule has 0 aliphatic heterocycles. The molecule has 0 aromatic carbocycles. The molecule has 0 amide bonds. The van der Waals surface area contributed by atoms with Crippen molar-refractivity contribution in [2.75, 3.05) is 7.11 Å². The van der Waals surface area contributed by atoms with Gasteiger partial charge in [-0.15, -0.1) is 0 Å². The Morgan fingerprint density at radius 1 is 1.15 bits per heavy atom. The second kappa shape index (κ2) is 6.93. The molecule has 78 valence electrons. The highest BCUT2D eigenvalue weighted by Crippen LogP contribution is 2.28. The minimum absolute atomic E-state index is 0.245. The first-order valence-electron chi connectivity index (χ1n) is 5.12. The Kier molecular flexibility index (Phi) is 6.65. The van der Waals surface area contributed by atoms with E-state index in [1.165, 1.54) is 39.7 Å². The molecule has 0 radical (unpaired) electrons. The van der Waals surface area contributed by atoms with Gasteiger partial charge in [-0.1, -0.05) is 39.5 Å². The van der Waals surface area contributed by atoms with Crippen molar-refractivity contribution in [3.8, 4) is 0 Å². The van der Waals surface area contributed by atoms with Crippen molar-refractivity contribution in [2.24, 2.45) is 11.8 Å². The predicted molar refractivity (Wildman–Crippen MR) is 54.5 cm³/mol. The minimum Gasteiger partial charge on any atom is -0.469 e. The summed E-state index contributed by atoms with van der Waals surface area (Å²) in [6, 6.07) is 0. The summed E-state index contributed by atoms with van der Waals surface area (Å²) in [5, 5.41) is 0.